The first-order valence-corrected chi connectivity index (χ1v) is 4.09. The summed E-state index contributed by atoms with van der Waals surface area (Å²) in [6.45, 7) is 10.2. The maximum Gasteiger partial charge on any atom is 0.0251 e. The highest BCUT2D eigenvalue weighted by molar-refractivity contribution is 4.99. The standard InChI is InChI=1S/C11H18/c1-6-8-9-10(7-2)11(3,4)5/h2,6,10H,1,8-9H2,3-5H3. The third-order valence-corrected chi connectivity index (χ3v) is 1.91. The molecule has 0 spiro atoms. The van der Waals surface area contributed by atoms with Crippen molar-refractivity contribution >= 4 is 0 Å². The summed E-state index contributed by atoms with van der Waals surface area (Å²) < 4.78 is 0. The van der Waals surface area contributed by atoms with Crippen LogP contribution in [0.25, 0.3) is 0 Å². The number of terminal acetylenes is 1. The van der Waals surface area contributed by atoms with Gasteiger partial charge in [0, 0.05) is 5.92 Å². The molecule has 0 nitrogen and oxygen atoms in total. The normalized spacial score (nSPS) is 13.6. The SMILES string of the molecule is C#CC(CCC=C)C(C)(C)C. The fourth-order valence-electron chi connectivity index (χ4n) is 1.05. The molecule has 62 valence electrons. The summed E-state index contributed by atoms with van der Waals surface area (Å²) in [5.74, 6) is 3.20. The van der Waals surface area contributed by atoms with E-state index in [4.69, 9.17) is 6.42 Å². The first-order valence-electron chi connectivity index (χ1n) is 4.09. The Morgan fingerprint density at radius 2 is 2.09 bits per heavy atom. The molecule has 0 bridgehead atoms. The lowest BCUT2D eigenvalue weighted by Gasteiger charge is -2.25. The third kappa shape index (κ3) is 3.88. The van der Waals surface area contributed by atoms with Crippen molar-refractivity contribution in [1.82, 2.24) is 0 Å². The van der Waals surface area contributed by atoms with Gasteiger partial charge in [-0.05, 0) is 18.3 Å². The summed E-state index contributed by atoms with van der Waals surface area (Å²) in [6, 6.07) is 0. The van der Waals surface area contributed by atoms with Gasteiger partial charge in [0.2, 0.25) is 0 Å². The maximum atomic E-state index is 5.42. The monoisotopic (exact) mass is 150 g/mol. The minimum atomic E-state index is 0.234. The van der Waals surface area contributed by atoms with Gasteiger partial charge in [0.15, 0.2) is 0 Å². The minimum Gasteiger partial charge on any atom is -0.120 e. The van der Waals surface area contributed by atoms with Crippen molar-refractivity contribution in [3.63, 3.8) is 0 Å². The van der Waals surface area contributed by atoms with E-state index >= 15 is 0 Å². The van der Waals surface area contributed by atoms with Crippen molar-refractivity contribution in [3.05, 3.63) is 12.7 Å². The molecule has 0 heteroatoms. The van der Waals surface area contributed by atoms with Crippen LogP contribution in [0, 0.1) is 23.7 Å². The molecule has 0 aromatic carbocycles. The first-order chi connectivity index (χ1) is 5.02. The van der Waals surface area contributed by atoms with Gasteiger partial charge in [-0.3, -0.25) is 0 Å². The van der Waals surface area contributed by atoms with Crippen LogP contribution in [-0.2, 0) is 0 Å². The number of hydrogen-bond acceptors (Lipinski definition) is 0. The average Bonchev–Trinajstić information content (AvgIpc) is 1.87. The number of hydrogen-bond donors (Lipinski definition) is 0. The minimum absolute atomic E-state index is 0.234. The topological polar surface area (TPSA) is 0 Å². The van der Waals surface area contributed by atoms with Gasteiger partial charge in [0.25, 0.3) is 0 Å². The molecular formula is C11H18. The van der Waals surface area contributed by atoms with Crippen molar-refractivity contribution in [2.75, 3.05) is 0 Å². The summed E-state index contributed by atoms with van der Waals surface area (Å²) in [7, 11) is 0. The quantitative estimate of drug-likeness (QED) is 0.428. The van der Waals surface area contributed by atoms with E-state index in [2.05, 4.69) is 33.3 Å². The molecule has 1 atom stereocenters. The smallest absolute Gasteiger partial charge is 0.0251 e. The molecule has 0 aliphatic rings. The van der Waals surface area contributed by atoms with Gasteiger partial charge >= 0.3 is 0 Å². The molecule has 0 radical (unpaired) electrons. The zero-order valence-electron chi connectivity index (χ0n) is 7.85. The summed E-state index contributed by atoms with van der Waals surface area (Å²) in [5.41, 5.74) is 0.234. The lowest BCUT2D eigenvalue weighted by atomic mass is 9.79. The van der Waals surface area contributed by atoms with Gasteiger partial charge in [-0.25, -0.2) is 0 Å². The van der Waals surface area contributed by atoms with Crippen LogP contribution >= 0.6 is 0 Å². The number of allylic oxidation sites excluding steroid dienone is 1. The Bertz CT molecular complexity index is 152. The Hall–Kier alpha value is -0.700. The molecule has 1 unspecified atom stereocenters. The predicted molar refractivity (Wildman–Crippen MR) is 51.2 cm³/mol. The Balaban J connectivity index is 3.99. The Kier molecular flexibility index (Phi) is 3.97. The molecule has 0 aliphatic heterocycles. The van der Waals surface area contributed by atoms with Crippen molar-refractivity contribution in [1.29, 1.82) is 0 Å². The van der Waals surface area contributed by atoms with Crippen LogP contribution in [0.15, 0.2) is 12.7 Å². The Morgan fingerprint density at radius 1 is 1.55 bits per heavy atom. The maximum absolute atomic E-state index is 5.42. The fraction of sp³-hybridized carbons (Fsp3) is 0.636. The molecule has 11 heavy (non-hydrogen) atoms. The fourth-order valence-corrected chi connectivity index (χ4v) is 1.05. The average molecular weight is 150 g/mol. The lowest BCUT2D eigenvalue weighted by molar-refractivity contribution is 0.290. The largest absolute Gasteiger partial charge is 0.120 e. The molecular weight excluding hydrogens is 132 g/mol. The van der Waals surface area contributed by atoms with Gasteiger partial charge in [-0.15, -0.1) is 18.9 Å². The van der Waals surface area contributed by atoms with Gasteiger partial charge < -0.3 is 0 Å². The summed E-state index contributed by atoms with van der Waals surface area (Å²) in [4.78, 5) is 0. The van der Waals surface area contributed by atoms with E-state index in [1.807, 2.05) is 6.08 Å². The molecule has 0 aromatic heterocycles. The molecule has 0 rings (SSSR count). The van der Waals surface area contributed by atoms with Crippen molar-refractivity contribution in [3.8, 4) is 12.3 Å². The van der Waals surface area contributed by atoms with Crippen LogP contribution in [-0.4, -0.2) is 0 Å². The Morgan fingerprint density at radius 3 is 2.36 bits per heavy atom. The van der Waals surface area contributed by atoms with Crippen molar-refractivity contribution in [2.45, 2.75) is 33.6 Å². The predicted octanol–water partition coefficient (Wildman–Crippen LogP) is 3.25. The molecule has 0 saturated heterocycles. The van der Waals surface area contributed by atoms with E-state index in [0.29, 0.717) is 5.92 Å². The molecule has 0 saturated carbocycles. The van der Waals surface area contributed by atoms with Crippen LogP contribution in [0.1, 0.15) is 33.6 Å². The van der Waals surface area contributed by atoms with E-state index in [1.165, 1.54) is 0 Å². The zero-order valence-corrected chi connectivity index (χ0v) is 7.85. The molecule has 0 N–H and O–H groups in total. The third-order valence-electron chi connectivity index (χ3n) is 1.91. The molecule has 0 aromatic rings. The van der Waals surface area contributed by atoms with Crippen molar-refractivity contribution < 1.29 is 0 Å². The molecule has 0 aliphatic carbocycles. The number of rotatable bonds is 3. The van der Waals surface area contributed by atoms with Gasteiger partial charge in [-0.1, -0.05) is 26.8 Å². The van der Waals surface area contributed by atoms with Crippen LogP contribution in [0.4, 0.5) is 0 Å². The van der Waals surface area contributed by atoms with Crippen LogP contribution in [0.3, 0.4) is 0 Å². The van der Waals surface area contributed by atoms with Gasteiger partial charge in [0.05, 0.1) is 0 Å². The highest BCUT2D eigenvalue weighted by atomic mass is 14.2. The van der Waals surface area contributed by atoms with E-state index in [0.717, 1.165) is 12.8 Å². The lowest BCUT2D eigenvalue weighted by Crippen LogP contribution is -2.18. The van der Waals surface area contributed by atoms with Gasteiger partial charge in [0.1, 0.15) is 0 Å². The summed E-state index contributed by atoms with van der Waals surface area (Å²) >= 11 is 0. The molecule has 0 amide bonds. The second-order valence-electron chi connectivity index (χ2n) is 3.95. The molecule has 0 heterocycles. The van der Waals surface area contributed by atoms with Crippen LogP contribution in [0.2, 0.25) is 0 Å². The summed E-state index contributed by atoms with van der Waals surface area (Å²) in [5, 5.41) is 0. The highest BCUT2D eigenvalue weighted by Crippen LogP contribution is 2.28. The van der Waals surface area contributed by atoms with E-state index < -0.39 is 0 Å². The second kappa shape index (κ2) is 4.23. The highest BCUT2D eigenvalue weighted by Gasteiger charge is 2.21. The first kappa shape index (κ1) is 10.3. The van der Waals surface area contributed by atoms with Crippen LogP contribution < -0.4 is 0 Å². The second-order valence-corrected chi connectivity index (χ2v) is 3.95. The van der Waals surface area contributed by atoms with E-state index in [-0.39, 0.29) is 5.41 Å². The van der Waals surface area contributed by atoms with Crippen LogP contribution in [0.5, 0.6) is 0 Å². The Labute approximate surface area is 70.7 Å². The zero-order chi connectivity index (χ0) is 8.91. The summed E-state index contributed by atoms with van der Waals surface area (Å²) in [6.07, 6.45) is 9.42. The van der Waals surface area contributed by atoms with E-state index in [9.17, 15) is 0 Å². The van der Waals surface area contributed by atoms with Crippen molar-refractivity contribution in [2.24, 2.45) is 11.3 Å². The van der Waals surface area contributed by atoms with Gasteiger partial charge in [-0.2, -0.15) is 0 Å². The van der Waals surface area contributed by atoms with E-state index in [1.54, 1.807) is 0 Å². The molecule has 0 fully saturated rings.